The molecule has 2 aromatic rings. The molecule has 0 fully saturated rings. The van der Waals surface area contributed by atoms with E-state index in [1.165, 1.54) is 4.90 Å². The van der Waals surface area contributed by atoms with E-state index in [0.717, 1.165) is 17.3 Å². The Morgan fingerprint density at radius 2 is 1.75 bits per heavy atom. The van der Waals surface area contributed by atoms with E-state index in [9.17, 15) is 0 Å². The first kappa shape index (κ1) is 14.7. The third-order valence-corrected chi connectivity index (χ3v) is 3.52. The molecule has 2 rings (SSSR count). The third kappa shape index (κ3) is 3.63. The maximum Gasteiger partial charge on any atom is 0.138 e. The van der Waals surface area contributed by atoms with Crippen molar-refractivity contribution in [3.63, 3.8) is 0 Å². The van der Waals surface area contributed by atoms with Crippen molar-refractivity contribution >= 4 is 29.1 Å². The van der Waals surface area contributed by atoms with E-state index in [1.54, 1.807) is 17.8 Å². The van der Waals surface area contributed by atoms with Gasteiger partial charge in [-0.05, 0) is 30.5 Å². The molecule has 4 nitrogen and oxygen atoms in total. The van der Waals surface area contributed by atoms with Crippen LogP contribution in [0.1, 0.15) is 26.6 Å². The molecule has 0 amide bonds. The fraction of sp³-hybridized carbons (Fsp3) is 0.333. The van der Waals surface area contributed by atoms with Crippen LogP contribution in [0.5, 0.6) is 0 Å². The highest BCUT2D eigenvalue weighted by atomic mass is 32.2. The monoisotopic (exact) mass is 288 g/mol. The SMILES string of the molecule is CSc1ccc(Nc2cc(N)nc(C(C)(C)C)n2)cc1. The van der Waals surface area contributed by atoms with Crippen LogP contribution in [-0.4, -0.2) is 16.2 Å². The second kappa shape index (κ2) is 5.71. The van der Waals surface area contributed by atoms with Crippen molar-refractivity contribution in [1.29, 1.82) is 0 Å². The van der Waals surface area contributed by atoms with Gasteiger partial charge in [0.2, 0.25) is 0 Å². The van der Waals surface area contributed by atoms with E-state index < -0.39 is 0 Å². The first-order chi connectivity index (χ1) is 9.38. The minimum Gasteiger partial charge on any atom is -0.384 e. The zero-order valence-corrected chi connectivity index (χ0v) is 13.1. The Morgan fingerprint density at radius 3 is 2.30 bits per heavy atom. The van der Waals surface area contributed by atoms with Crippen LogP contribution >= 0.6 is 11.8 Å². The molecule has 0 bridgehead atoms. The van der Waals surface area contributed by atoms with E-state index in [2.05, 4.69) is 54.4 Å². The maximum atomic E-state index is 5.86. The summed E-state index contributed by atoms with van der Waals surface area (Å²) in [6.45, 7) is 6.20. The minimum absolute atomic E-state index is 0.130. The number of hydrogen-bond donors (Lipinski definition) is 2. The molecule has 0 aliphatic heterocycles. The lowest BCUT2D eigenvalue weighted by molar-refractivity contribution is 0.547. The van der Waals surface area contributed by atoms with E-state index in [0.29, 0.717) is 5.82 Å². The molecular formula is C15H20N4S. The first-order valence-electron chi connectivity index (χ1n) is 6.44. The molecule has 1 aromatic heterocycles. The standard InChI is InChI=1S/C15H20N4S/c1-15(2,3)14-18-12(16)9-13(19-14)17-10-5-7-11(20-4)8-6-10/h5-9H,1-4H3,(H3,16,17,18,19). The zero-order valence-electron chi connectivity index (χ0n) is 12.3. The summed E-state index contributed by atoms with van der Waals surface area (Å²) in [4.78, 5) is 10.1. The van der Waals surface area contributed by atoms with Crippen LogP contribution in [0, 0.1) is 0 Å². The molecule has 0 saturated heterocycles. The Hall–Kier alpha value is -1.75. The summed E-state index contributed by atoms with van der Waals surface area (Å²) in [5.74, 6) is 1.94. The predicted molar refractivity (Wildman–Crippen MR) is 86.7 cm³/mol. The predicted octanol–water partition coefficient (Wildman–Crippen LogP) is 3.82. The lowest BCUT2D eigenvalue weighted by Crippen LogP contribution is -2.17. The topological polar surface area (TPSA) is 63.8 Å². The van der Waals surface area contributed by atoms with Crippen LogP contribution in [-0.2, 0) is 5.41 Å². The van der Waals surface area contributed by atoms with E-state index >= 15 is 0 Å². The van der Waals surface area contributed by atoms with Crippen molar-refractivity contribution in [1.82, 2.24) is 9.97 Å². The number of aromatic nitrogens is 2. The molecule has 0 atom stereocenters. The second-order valence-corrected chi connectivity index (χ2v) is 6.48. The van der Waals surface area contributed by atoms with Gasteiger partial charge in [-0.1, -0.05) is 20.8 Å². The summed E-state index contributed by atoms with van der Waals surface area (Å²) in [7, 11) is 0. The summed E-state index contributed by atoms with van der Waals surface area (Å²) < 4.78 is 0. The zero-order chi connectivity index (χ0) is 14.8. The average molecular weight is 288 g/mol. The molecule has 20 heavy (non-hydrogen) atoms. The van der Waals surface area contributed by atoms with Crippen LogP contribution < -0.4 is 11.1 Å². The molecule has 1 aromatic carbocycles. The number of anilines is 3. The highest BCUT2D eigenvalue weighted by molar-refractivity contribution is 7.98. The van der Waals surface area contributed by atoms with E-state index in [-0.39, 0.29) is 5.41 Å². The van der Waals surface area contributed by atoms with Gasteiger partial charge in [0.25, 0.3) is 0 Å². The molecule has 0 saturated carbocycles. The van der Waals surface area contributed by atoms with Gasteiger partial charge in [0.05, 0.1) is 0 Å². The van der Waals surface area contributed by atoms with Crippen molar-refractivity contribution in [2.75, 3.05) is 17.3 Å². The Labute approximate surface area is 124 Å². The summed E-state index contributed by atoms with van der Waals surface area (Å²) in [6, 6.07) is 9.95. The number of rotatable bonds is 3. The van der Waals surface area contributed by atoms with Gasteiger partial charge in [0.1, 0.15) is 17.5 Å². The van der Waals surface area contributed by atoms with Crippen LogP contribution in [0.15, 0.2) is 35.2 Å². The van der Waals surface area contributed by atoms with Crippen LogP contribution in [0.4, 0.5) is 17.3 Å². The summed E-state index contributed by atoms with van der Waals surface area (Å²) in [5.41, 5.74) is 6.72. The molecule has 0 spiro atoms. The van der Waals surface area contributed by atoms with Gasteiger partial charge in [-0.2, -0.15) is 0 Å². The molecule has 1 heterocycles. The third-order valence-electron chi connectivity index (χ3n) is 2.78. The van der Waals surface area contributed by atoms with Gasteiger partial charge < -0.3 is 11.1 Å². The largest absolute Gasteiger partial charge is 0.384 e. The normalized spacial score (nSPS) is 11.4. The van der Waals surface area contributed by atoms with Gasteiger partial charge in [-0.15, -0.1) is 11.8 Å². The smallest absolute Gasteiger partial charge is 0.138 e. The summed E-state index contributed by atoms with van der Waals surface area (Å²) >= 11 is 1.72. The van der Waals surface area contributed by atoms with Gasteiger partial charge in [0.15, 0.2) is 0 Å². The number of nitrogen functional groups attached to an aromatic ring is 1. The Bertz CT molecular complexity index is 588. The highest BCUT2D eigenvalue weighted by Gasteiger charge is 2.18. The Kier molecular flexibility index (Phi) is 4.18. The Balaban J connectivity index is 2.26. The van der Waals surface area contributed by atoms with Crippen molar-refractivity contribution < 1.29 is 0 Å². The molecule has 0 unspecified atom stereocenters. The van der Waals surface area contributed by atoms with Crippen molar-refractivity contribution in [2.45, 2.75) is 31.1 Å². The molecule has 0 aliphatic carbocycles. The molecule has 0 radical (unpaired) electrons. The van der Waals surface area contributed by atoms with Crippen molar-refractivity contribution in [2.24, 2.45) is 0 Å². The van der Waals surface area contributed by atoms with Crippen LogP contribution in [0.3, 0.4) is 0 Å². The van der Waals surface area contributed by atoms with Gasteiger partial charge in [0, 0.05) is 22.1 Å². The molecular weight excluding hydrogens is 268 g/mol. The van der Waals surface area contributed by atoms with Crippen LogP contribution in [0.25, 0.3) is 0 Å². The minimum atomic E-state index is -0.130. The fourth-order valence-electron chi connectivity index (χ4n) is 1.69. The number of nitrogens with two attached hydrogens (primary N) is 1. The average Bonchev–Trinajstić information content (AvgIpc) is 2.38. The van der Waals surface area contributed by atoms with Gasteiger partial charge >= 0.3 is 0 Å². The van der Waals surface area contributed by atoms with E-state index in [1.807, 2.05) is 12.1 Å². The van der Waals surface area contributed by atoms with Crippen LogP contribution in [0.2, 0.25) is 0 Å². The Morgan fingerprint density at radius 1 is 1.10 bits per heavy atom. The molecule has 5 heteroatoms. The van der Waals surface area contributed by atoms with Gasteiger partial charge in [-0.25, -0.2) is 9.97 Å². The highest BCUT2D eigenvalue weighted by Crippen LogP contribution is 2.24. The number of benzene rings is 1. The number of thioether (sulfide) groups is 1. The second-order valence-electron chi connectivity index (χ2n) is 5.61. The maximum absolute atomic E-state index is 5.86. The quantitative estimate of drug-likeness (QED) is 0.841. The number of nitrogens with one attached hydrogen (secondary N) is 1. The fourth-order valence-corrected chi connectivity index (χ4v) is 2.10. The van der Waals surface area contributed by atoms with Crippen molar-refractivity contribution in [3.05, 3.63) is 36.2 Å². The number of hydrogen-bond acceptors (Lipinski definition) is 5. The lowest BCUT2D eigenvalue weighted by Gasteiger charge is -2.18. The number of nitrogens with zero attached hydrogens (tertiary/aromatic N) is 2. The molecule has 3 N–H and O–H groups in total. The molecule has 106 valence electrons. The van der Waals surface area contributed by atoms with Gasteiger partial charge in [-0.3, -0.25) is 0 Å². The lowest BCUT2D eigenvalue weighted by atomic mass is 9.96. The first-order valence-corrected chi connectivity index (χ1v) is 7.67. The van der Waals surface area contributed by atoms with E-state index in [4.69, 9.17) is 5.73 Å². The summed E-state index contributed by atoms with van der Waals surface area (Å²) in [6.07, 6.45) is 2.06. The molecule has 0 aliphatic rings. The van der Waals surface area contributed by atoms with Crippen molar-refractivity contribution in [3.8, 4) is 0 Å². The summed E-state index contributed by atoms with van der Waals surface area (Å²) in [5, 5.41) is 3.27.